The molecule has 1 aliphatic carbocycles. The first-order chi connectivity index (χ1) is 20.5. The molecule has 1 unspecified atom stereocenters. The summed E-state index contributed by atoms with van der Waals surface area (Å²) in [6, 6.07) is 9.46. The lowest BCUT2D eigenvalue weighted by molar-refractivity contribution is -0.128. The van der Waals surface area contributed by atoms with E-state index < -0.39 is 16.1 Å². The predicted molar refractivity (Wildman–Crippen MR) is 165 cm³/mol. The molecular formula is C29H34ClN7O5S. The van der Waals surface area contributed by atoms with Gasteiger partial charge in [0.25, 0.3) is 0 Å². The van der Waals surface area contributed by atoms with Gasteiger partial charge in [-0.3, -0.25) is 9.59 Å². The van der Waals surface area contributed by atoms with Crippen molar-refractivity contribution in [2.45, 2.75) is 43.5 Å². The number of halogens is 1. The Bertz CT molecular complexity index is 1660. The number of carbonyl (C=O) groups is 2. The zero-order chi connectivity index (χ0) is 30.9. The van der Waals surface area contributed by atoms with Crippen LogP contribution in [-0.2, 0) is 26.0 Å². The molecule has 2 amide bonds. The van der Waals surface area contributed by atoms with Gasteiger partial charge in [-0.1, -0.05) is 23.7 Å². The number of likely N-dealkylation sites (N-methyl/N-ethyl adjacent to an activating group) is 1. The third-order valence-corrected chi connectivity index (χ3v) is 9.60. The smallest absolute Gasteiger partial charge is 0.249 e. The quantitative estimate of drug-likeness (QED) is 0.303. The molecule has 14 heteroatoms. The lowest BCUT2D eigenvalue weighted by Crippen LogP contribution is -2.48. The Morgan fingerprint density at radius 2 is 1.86 bits per heavy atom. The number of para-hydroxylation sites is 1. The van der Waals surface area contributed by atoms with Crippen LogP contribution in [-0.4, -0.2) is 68.3 Å². The molecule has 12 nitrogen and oxygen atoms in total. The van der Waals surface area contributed by atoms with E-state index in [9.17, 15) is 18.0 Å². The van der Waals surface area contributed by atoms with Crippen molar-refractivity contribution in [3.63, 3.8) is 0 Å². The summed E-state index contributed by atoms with van der Waals surface area (Å²) >= 11 is 6.40. The molecule has 1 aliphatic heterocycles. The summed E-state index contributed by atoms with van der Waals surface area (Å²) < 4.78 is 32.7. The van der Waals surface area contributed by atoms with E-state index >= 15 is 0 Å². The van der Waals surface area contributed by atoms with Gasteiger partial charge in [0.1, 0.15) is 21.7 Å². The fourth-order valence-electron chi connectivity index (χ4n) is 5.01. The Balaban J connectivity index is 1.43. The fraction of sp³-hybridized carbons (Fsp3) is 0.379. The van der Waals surface area contributed by atoms with Crippen molar-refractivity contribution in [3.8, 4) is 5.75 Å². The molecule has 2 aromatic carbocycles. The number of fused-ring (bicyclic) bond motifs is 1. The molecule has 2 heterocycles. The maximum absolute atomic E-state index is 13.4. The van der Waals surface area contributed by atoms with Gasteiger partial charge in [-0.25, -0.2) is 17.7 Å². The van der Waals surface area contributed by atoms with Gasteiger partial charge in [-0.05, 0) is 56.9 Å². The van der Waals surface area contributed by atoms with Crippen LogP contribution in [0.25, 0.3) is 0 Å². The molecule has 3 N–H and O–H groups in total. The largest absolute Gasteiger partial charge is 0.494 e. The number of sulfonamides is 1. The maximum Gasteiger partial charge on any atom is 0.249 e. The second kappa shape index (κ2) is 12.3. The molecule has 0 radical (unpaired) electrons. The van der Waals surface area contributed by atoms with Gasteiger partial charge < -0.3 is 25.6 Å². The van der Waals surface area contributed by atoms with E-state index in [0.717, 1.165) is 28.4 Å². The van der Waals surface area contributed by atoms with E-state index in [-0.39, 0.29) is 39.4 Å². The van der Waals surface area contributed by atoms with Gasteiger partial charge in [0, 0.05) is 32.1 Å². The van der Waals surface area contributed by atoms with Gasteiger partial charge in [-0.15, -0.1) is 0 Å². The Morgan fingerprint density at radius 3 is 2.53 bits per heavy atom. The minimum Gasteiger partial charge on any atom is -0.494 e. The highest BCUT2D eigenvalue weighted by molar-refractivity contribution is 7.89. The molecule has 43 heavy (non-hydrogen) atoms. The molecule has 2 aliphatic rings. The molecule has 0 bridgehead atoms. The number of ether oxygens (including phenoxy) is 1. The van der Waals surface area contributed by atoms with Crippen molar-refractivity contribution in [1.82, 2.24) is 19.6 Å². The number of nitrogens with one attached hydrogen (secondary N) is 3. The highest BCUT2D eigenvalue weighted by atomic mass is 35.5. The lowest BCUT2D eigenvalue weighted by Gasteiger charge is -2.26. The number of anilines is 5. The van der Waals surface area contributed by atoms with Crippen molar-refractivity contribution in [1.29, 1.82) is 0 Å². The van der Waals surface area contributed by atoms with Crippen LogP contribution in [0, 0.1) is 5.92 Å². The molecular weight excluding hydrogens is 594 g/mol. The first-order valence-electron chi connectivity index (χ1n) is 13.9. The Labute approximate surface area is 255 Å². The molecule has 0 spiro atoms. The van der Waals surface area contributed by atoms with E-state index in [1.165, 1.54) is 26.4 Å². The fourth-order valence-corrected chi connectivity index (χ4v) is 6.19. The number of hydrogen-bond acceptors (Lipinski definition) is 9. The van der Waals surface area contributed by atoms with Gasteiger partial charge in [0.05, 0.1) is 30.4 Å². The molecule has 5 rings (SSSR count). The zero-order valence-electron chi connectivity index (χ0n) is 24.3. The van der Waals surface area contributed by atoms with Crippen LogP contribution in [0.4, 0.5) is 28.8 Å². The molecule has 1 aromatic heterocycles. The van der Waals surface area contributed by atoms with Gasteiger partial charge in [0.2, 0.25) is 27.8 Å². The third kappa shape index (κ3) is 6.24. The lowest BCUT2D eigenvalue weighted by atomic mass is 10.0. The van der Waals surface area contributed by atoms with Crippen LogP contribution in [0.2, 0.25) is 5.02 Å². The highest BCUT2D eigenvalue weighted by Gasteiger charge is 2.36. The number of rotatable bonds is 10. The minimum absolute atomic E-state index is 0.00321. The number of nitrogens with zero attached hydrogens (tertiary/aromatic N) is 4. The topological polar surface area (TPSA) is 146 Å². The Hall–Kier alpha value is -3.94. The standard InChI is InChI=1S/C29H34ClN7O5S/c1-5-37-23-15-14-21(25(42-4)18(23)12-13-22(28(37)39)33-27(38)17-10-11-17)34-29-31-16-19(30)26(35-29)32-20-8-6-7-9-24(20)43(40,41)36(2)3/h6-9,14-17,22H,5,10-13H2,1-4H3,(H,33,38)(H2,31,32,34,35). The molecule has 1 saturated carbocycles. The predicted octanol–water partition coefficient (Wildman–Crippen LogP) is 4.07. The highest BCUT2D eigenvalue weighted by Crippen LogP contribution is 2.41. The Kier molecular flexibility index (Phi) is 8.76. The molecule has 3 aromatic rings. The average Bonchev–Trinajstić information content (AvgIpc) is 3.84. The zero-order valence-corrected chi connectivity index (χ0v) is 25.9. The first-order valence-corrected chi connectivity index (χ1v) is 15.8. The summed E-state index contributed by atoms with van der Waals surface area (Å²) in [5.74, 6) is 0.695. The molecule has 1 fully saturated rings. The summed E-state index contributed by atoms with van der Waals surface area (Å²) in [5.41, 5.74) is 2.41. The van der Waals surface area contributed by atoms with Crippen LogP contribution >= 0.6 is 11.6 Å². The minimum atomic E-state index is -3.74. The monoisotopic (exact) mass is 627 g/mol. The van der Waals surface area contributed by atoms with E-state index in [1.54, 1.807) is 36.3 Å². The van der Waals surface area contributed by atoms with Crippen LogP contribution in [0.5, 0.6) is 5.75 Å². The van der Waals surface area contributed by atoms with Crippen molar-refractivity contribution >= 4 is 62.3 Å². The number of aromatic nitrogens is 2. The van der Waals surface area contributed by atoms with Gasteiger partial charge in [-0.2, -0.15) is 4.98 Å². The number of amides is 2. The summed E-state index contributed by atoms with van der Waals surface area (Å²) in [6.45, 7) is 2.32. The van der Waals surface area contributed by atoms with Crippen LogP contribution in [0.15, 0.2) is 47.5 Å². The number of methoxy groups -OCH3 is 1. The van der Waals surface area contributed by atoms with E-state index in [0.29, 0.717) is 36.5 Å². The second-order valence-corrected chi connectivity index (χ2v) is 13.1. The summed E-state index contributed by atoms with van der Waals surface area (Å²) in [7, 11) is 0.724. The van der Waals surface area contributed by atoms with Crippen molar-refractivity contribution in [2.75, 3.05) is 43.3 Å². The van der Waals surface area contributed by atoms with E-state index in [2.05, 4.69) is 25.9 Å². The molecule has 0 saturated heterocycles. The number of carbonyl (C=O) groups excluding carboxylic acids is 2. The summed E-state index contributed by atoms with van der Waals surface area (Å²) in [6.07, 6.45) is 4.06. The van der Waals surface area contributed by atoms with Crippen LogP contribution in [0.1, 0.15) is 31.7 Å². The third-order valence-electron chi connectivity index (χ3n) is 7.45. The van der Waals surface area contributed by atoms with Gasteiger partial charge >= 0.3 is 0 Å². The number of benzene rings is 2. The van der Waals surface area contributed by atoms with E-state index in [1.807, 2.05) is 13.0 Å². The first kappa shape index (κ1) is 30.5. The van der Waals surface area contributed by atoms with E-state index in [4.69, 9.17) is 16.3 Å². The van der Waals surface area contributed by atoms with Crippen LogP contribution in [0.3, 0.4) is 0 Å². The SMILES string of the molecule is CCN1C(=O)C(NC(=O)C2CC2)CCc2c1ccc(Nc1ncc(Cl)c(Nc3ccccc3S(=O)(=O)N(C)C)n1)c2OC. The van der Waals surface area contributed by atoms with Crippen molar-refractivity contribution < 1.29 is 22.7 Å². The summed E-state index contributed by atoms with van der Waals surface area (Å²) in [4.78, 5) is 36.4. The molecule has 1 atom stereocenters. The normalized spacial score (nSPS) is 16.8. The maximum atomic E-state index is 13.4. The van der Waals surface area contributed by atoms with Gasteiger partial charge in [0.15, 0.2) is 5.82 Å². The second-order valence-electron chi connectivity index (χ2n) is 10.5. The van der Waals surface area contributed by atoms with Crippen molar-refractivity contribution in [2.24, 2.45) is 5.92 Å². The average molecular weight is 628 g/mol. The Morgan fingerprint density at radius 1 is 1.12 bits per heavy atom. The molecule has 228 valence electrons. The summed E-state index contributed by atoms with van der Waals surface area (Å²) in [5, 5.41) is 9.34. The van der Waals surface area contributed by atoms with Crippen molar-refractivity contribution in [3.05, 3.63) is 53.2 Å². The van der Waals surface area contributed by atoms with Crippen LogP contribution < -0.4 is 25.6 Å². The number of hydrogen-bond donors (Lipinski definition) is 3.